The Hall–Kier alpha value is -1.16. The van der Waals surface area contributed by atoms with Gasteiger partial charge in [-0.1, -0.05) is 29.3 Å². The number of halogens is 2. The predicted octanol–water partition coefficient (Wildman–Crippen LogP) is 5.28. The van der Waals surface area contributed by atoms with Gasteiger partial charge in [-0.3, -0.25) is 0 Å². The van der Waals surface area contributed by atoms with Crippen molar-refractivity contribution in [2.75, 3.05) is 0 Å². The van der Waals surface area contributed by atoms with Crippen molar-refractivity contribution in [3.63, 3.8) is 0 Å². The topological polar surface area (TPSA) is 25.8 Å². The Bertz CT molecular complexity index is 780. The second-order valence-electron chi connectivity index (χ2n) is 4.39. The minimum Gasteiger partial charge on any atom is -0.228 e. The summed E-state index contributed by atoms with van der Waals surface area (Å²) in [6, 6.07) is 3.77. The first-order chi connectivity index (χ1) is 9.08. The first-order valence-electron chi connectivity index (χ1n) is 5.73. The van der Waals surface area contributed by atoms with Crippen LogP contribution in [0.25, 0.3) is 22.3 Å². The van der Waals surface area contributed by atoms with Gasteiger partial charge < -0.3 is 0 Å². The molecule has 0 N–H and O–H groups in total. The van der Waals surface area contributed by atoms with Crippen molar-refractivity contribution in [2.45, 2.75) is 13.8 Å². The molecule has 0 aliphatic carbocycles. The molecule has 0 unspecified atom stereocenters. The third kappa shape index (κ3) is 2.12. The van der Waals surface area contributed by atoms with E-state index in [4.69, 9.17) is 23.2 Å². The molecule has 0 atom stereocenters. The van der Waals surface area contributed by atoms with Crippen LogP contribution in [0.15, 0.2) is 22.9 Å². The van der Waals surface area contributed by atoms with Crippen molar-refractivity contribution in [3.8, 4) is 11.4 Å². The first kappa shape index (κ1) is 12.9. The summed E-state index contributed by atoms with van der Waals surface area (Å²) in [6.07, 6.45) is 0. The lowest BCUT2D eigenvalue weighted by Crippen LogP contribution is -1.94. The fourth-order valence-electron chi connectivity index (χ4n) is 2.00. The van der Waals surface area contributed by atoms with Crippen LogP contribution >= 0.6 is 34.5 Å². The summed E-state index contributed by atoms with van der Waals surface area (Å²) in [7, 11) is 0. The van der Waals surface area contributed by atoms with Gasteiger partial charge in [-0.25, -0.2) is 9.97 Å². The minimum absolute atomic E-state index is 0.402. The van der Waals surface area contributed by atoms with E-state index in [1.165, 1.54) is 0 Å². The normalized spacial score (nSPS) is 11.2. The zero-order valence-corrected chi connectivity index (χ0v) is 12.7. The van der Waals surface area contributed by atoms with Crippen LogP contribution < -0.4 is 0 Å². The first-order valence-corrected chi connectivity index (χ1v) is 7.43. The van der Waals surface area contributed by atoms with Gasteiger partial charge in [-0.05, 0) is 36.4 Å². The average molecular weight is 309 g/mol. The summed E-state index contributed by atoms with van der Waals surface area (Å²) in [5, 5.41) is 5.81. The van der Waals surface area contributed by atoms with E-state index >= 15 is 0 Å². The van der Waals surface area contributed by atoms with E-state index in [0.717, 1.165) is 27.6 Å². The molecule has 0 radical (unpaired) electrons. The summed E-state index contributed by atoms with van der Waals surface area (Å²) in [5.41, 5.74) is 4.03. The number of benzene rings is 1. The maximum atomic E-state index is 6.28. The van der Waals surface area contributed by atoms with Gasteiger partial charge in [-0.15, -0.1) is 0 Å². The molecular weight excluding hydrogens is 299 g/mol. The summed E-state index contributed by atoms with van der Waals surface area (Å²) in [5.74, 6) is 0.654. The molecule has 0 saturated heterocycles. The van der Waals surface area contributed by atoms with Crippen LogP contribution in [0, 0.1) is 13.8 Å². The smallest absolute Gasteiger partial charge is 0.162 e. The van der Waals surface area contributed by atoms with Crippen molar-refractivity contribution in [3.05, 3.63) is 44.2 Å². The van der Waals surface area contributed by atoms with Gasteiger partial charge in [0.1, 0.15) is 5.15 Å². The van der Waals surface area contributed by atoms with E-state index in [2.05, 4.69) is 15.3 Å². The van der Waals surface area contributed by atoms with Crippen LogP contribution in [-0.4, -0.2) is 9.97 Å². The van der Waals surface area contributed by atoms with E-state index in [0.29, 0.717) is 16.0 Å². The largest absolute Gasteiger partial charge is 0.228 e. The summed E-state index contributed by atoms with van der Waals surface area (Å²) in [4.78, 5) is 9.01. The van der Waals surface area contributed by atoms with Gasteiger partial charge in [0.25, 0.3) is 0 Å². The highest BCUT2D eigenvalue weighted by molar-refractivity contribution is 7.08. The zero-order chi connectivity index (χ0) is 13.6. The number of hydrogen-bond acceptors (Lipinski definition) is 3. The quantitative estimate of drug-likeness (QED) is 0.571. The highest BCUT2D eigenvalue weighted by Gasteiger charge is 2.14. The van der Waals surface area contributed by atoms with Crippen molar-refractivity contribution in [2.24, 2.45) is 0 Å². The number of nitrogens with zero attached hydrogens (tertiary/aromatic N) is 2. The van der Waals surface area contributed by atoms with Crippen LogP contribution in [0.3, 0.4) is 0 Å². The molecule has 0 spiro atoms. The van der Waals surface area contributed by atoms with Gasteiger partial charge >= 0.3 is 0 Å². The van der Waals surface area contributed by atoms with Crippen LogP contribution in [0.2, 0.25) is 10.2 Å². The zero-order valence-electron chi connectivity index (χ0n) is 10.4. The highest BCUT2D eigenvalue weighted by atomic mass is 35.5. The lowest BCUT2D eigenvalue weighted by molar-refractivity contribution is 1.21. The Morgan fingerprint density at radius 2 is 1.79 bits per heavy atom. The van der Waals surface area contributed by atoms with E-state index in [1.54, 1.807) is 11.3 Å². The molecule has 3 aromatic rings. The molecule has 5 heteroatoms. The fraction of sp³-hybridized carbons (Fsp3) is 0.143. The number of aromatic nitrogens is 2. The Kier molecular flexibility index (Phi) is 3.21. The third-order valence-corrected chi connectivity index (χ3v) is 4.50. The molecule has 0 aliphatic rings. The minimum atomic E-state index is 0.402. The standard InChI is InChI=1S/C14H10Cl2N2S/c1-7-3-4-10(15)11-12(7)17-14(18-13(11)16)9-6-19-5-8(9)2/h3-6H,1-2H3. The maximum absolute atomic E-state index is 6.28. The lowest BCUT2D eigenvalue weighted by atomic mass is 10.1. The van der Waals surface area contributed by atoms with Crippen LogP contribution in [-0.2, 0) is 0 Å². The molecule has 0 bridgehead atoms. The van der Waals surface area contributed by atoms with Gasteiger partial charge in [-0.2, -0.15) is 11.3 Å². The molecule has 0 aliphatic heterocycles. The van der Waals surface area contributed by atoms with Gasteiger partial charge in [0.2, 0.25) is 0 Å². The molecular formula is C14H10Cl2N2S. The van der Waals surface area contributed by atoms with E-state index in [9.17, 15) is 0 Å². The van der Waals surface area contributed by atoms with E-state index in [1.807, 2.05) is 31.4 Å². The summed E-state index contributed by atoms with van der Waals surface area (Å²) < 4.78 is 0. The molecule has 0 fully saturated rings. The molecule has 2 nitrogen and oxygen atoms in total. The van der Waals surface area contributed by atoms with Gasteiger partial charge in [0, 0.05) is 10.9 Å². The van der Waals surface area contributed by atoms with Gasteiger partial charge in [0.15, 0.2) is 5.82 Å². The fourth-order valence-corrected chi connectivity index (χ4v) is 3.39. The molecule has 1 aromatic carbocycles. The molecule has 0 saturated carbocycles. The Morgan fingerprint density at radius 3 is 2.47 bits per heavy atom. The molecule has 96 valence electrons. The third-order valence-electron chi connectivity index (χ3n) is 3.05. The number of aryl methyl sites for hydroxylation is 2. The predicted molar refractivity (Wildman–Crippen MR) is 82.3 cm³/mol. The monoisotopic (exact) mass is 308 g/mol. The number of fused-ring (bicyclic) bond motifs is 1. The van der Waals surface area contributed by atoms with Crippen molar-refractivity contribution in [1.82, 2.24) is 9.97 Å². The summed E-state index contributed by atoms with van der Waals surface area (Å²) in [6.45, 7) is 4.03. The van der Waals surface area contributed by atoms with E-state index in [-0.39, 0.29) is 0 Å². The van der Waals surface area contributed by atoms with Crippen molar-refractivity contribution >= 4 is 45.4 Å². The second-order valence-corrected chi connectivity index (χ2v) is 5.90. The Balaban J connectivity index is 2.37. The molecule has 3 rings (SSSR count). The average Bonchev–Trinajstić information content (AvgIpc) is 2.79. The number of hydrogen-bond donors (Lipinski definition) is 0. The molecule has 0 amide bonds. The van der Waals surface area contributed by atoms with Crippen LogP contribution in [0.4, 0.5) is 0 Å². The lowest BCUT2D eigenvalue weighted by Gasteiger charge is -2.08. The van der Waals surface area contributed by atoms with Crippen LogP contribution in [0.1, 0.15) is 11.1 Å². The van der Waals surface area contributed by atoms with Crippen molar-refractivity contribution < 1.29 is 0 Å². The SMILES string of the molecule is Cc1cscc1-c1nc(Cl)c2c(Cl)ccc(C)c2n1. The Labute approximate surface area is 125 Å². The van der Waals surface area contributed by atoms with Crippen LogP contribution in [0.5, 0.6) is 0 Å². The van der Waals surface area contributed by atoms with E-state index < -0.39 is 0 Å². The molecule has 2 heterocycles. The number of rotatable bonds is 1. The second kappa shape index (κ2) is 4.75. The molecule has 19 heavy (non-hydrogen) atoms. The van der Waals surface area contributed by atoms with Gasteiger partial charge in [0.05, 0.1) is 15.9 Å². The number of thiophene rings is 1. The molecule has 2 aromatic heterocycles. The summed E-state index contributed by atoms with van der Waals surface area (Å²) >= 11 is 14.1. The maximum Gasteiger partial charge on any atom is 0.162 e. The highest BCUT2D eigenvalue weighted by Crippen LogP contribution is 2.33. The Morgan fingerprint density at radius 1 is 1.00 bits per heavy atom. The van der Waals surface area contributed by atoms with Crippen molar-refractivity contribution in [1.29, 1.82) is 0 Å².